The van der Waals surface area contributed by atoms with Gasteiger partial charge in [0.05, 0.1) is 6.07 Å². The fourth-order valence-corrected chi connectivity index (χ4v) is 6.70. The third-order valence-corrected chi connectivity index (χ3v) is 8.30. The van der Waals surface area contributed by atoms with Crippen LogP contribution in [0.5, 0.6) is 0 Å². The maximum absolute atomic E-state index is 14.7. The summed E-state index contributed by atoms with van der Waals surface area (Å²) >= 11 is 0. The molecule has 28 heavy (non-hydrogen) atoms. The van der Waals surface area contributed by atoms with Gasteiger partial charge in [-0.3, -0.25) is 4.57 Å². The summed E-state index contributed by atoms with van der Waals surface area (Å²) in [6.07, 6.45) is 0.495. The minimum atomic E-state index is -3.29. The zero-order valence-corrected chi connectivity index (χ0v) is 17.4. The van der Waals surface area contributed by atoms with E-state index in [1.807, 2.05) is 99.6 Å². The fourth-order valence-electron chi connectivity index (χ4n) is 3.59. The molecule has 0 saturated carbocycles. The Morgan fingerprint density at radius 2 is 1.32 bits per heavy atom. The van der Waals surface area contributed by atoms with Crippen LogP contribution in [0.2, 0.25) is 0 Å². The van der Waals surface area contributed by atoms with Crippen LogP contribution in [-0.2, 0) is 10.1 Å². The summed E-state index contributed by atoms with van der Waals surface area (Å²) in [7, 11) is -3.29. The van der Waals surface area contributed by atoms with Crippen LogP contribution in [0, 0.1) is 25.2 Å². The highest BCUT2D eigenvalue weighted by molar-refractivity contribution is 7.77. The molecule has 1 atom stereocenters. The van der Waals surface area contributed by atoms with Crippen LogP contribution in [0.25, 0.3) is 0 Å². The second-order valence-electron chi connectivity index (χ2n) is 7.03. The Kier molecular flexibility index (Phi) is 5.84. The van der Waals surface area contributed by atoms with Crippen molar-refractivity contribution in [2.24, 2.45) is 0 Å². The van der Waals surface area contributed by atoms with Crippen molar-refractivity contribution in [3.63, 3.8) is 0 Å². The molecule has 4 heteroatoms. The van der Waals surface area contributed by atoms with Gasteiger partial charge in [0.25, 0.3) is 0 Å². The zero-order chi connectivity index (χ0) is 20.2. The molecule has 0 aromatic heterocycles. The molecule has 0 fully saturated rings. The molecular weight excluding hydrogens is 363 g/mol. The summed E-state index contributed by atoms with van der Waals surface area (Å²) in [4.78, 5) is 0. The molecule has 0 aliphatic rings. The van der Waals surface area contributed by atoms with Gasteiger partial charge in [-0.15, -0.1) is 0 Å². The van der Waals surface area contributed by atoms with Crippen molar-refractivity contribution >= 4 is 17.9 Å². The smallest absolute Gasteiger partial charge is 0.206 e. The van der Waals surface area contributed by atoms with Gasteiger partial charge >= 0.3 is 0 Å². The first-order valence-corrected chi connectivity index (χ1v) is 11.2. The van der Waals surface area contributed by atoms with Crippen LogP contribution in [-0.4, -0.2) is 0 Å². The quantitative estimate of drug-likeness (QED) is 0.608. The van der Waals surface area contributed by atoms with E-state index in [2.05, 4.69) is 11.2 Å². The van der Waals surface area contributed by atoms with Gasteiger partial charge in [0.2, 0.25) is 7.29 Å². The van der Waals surface area contributed by atoms with Gasteiger partial charge in [-0.1, -0.05) is 73.7 Å². The Morgan fingerprint density at radius 3 is 1.75 bits per heavy atom. The largest absolute Gasteiger partial charge is 0.296 e. The van der Waals surface area contributed by atoms with Crippen LogP contribution in [0.3, 0.4) is 0 Å². The number of benzene rings is 3. The third-order valence-electron chi connectivity index (χ3n) is 5.25. The average Bonchev–Trinajstić information content (AvgIpc) is 2.73. The van der Waals surface area contributed by atoms with Crippen LogP contribution >= 0.6 is 7.29 Å². The maximum atomic E-state index is 14.7. The second-order valence-corrected chi connectivity index (χ2v) is 9.44. The van der Waals surface area contributed by atoms with Crippen LogP contribution < -0.4 is 15.7 Å². The Balaban J connectivity index is 2.27. The second kappa shape index (κ2) is 8.15. The van der Waals surface area contributed by atoms with Crippen LogP contribution in [0.1, 0.15) is 30.0 Å². The van der Waals surface area contributed by atoms with Gasteiger partial charge in [0.1, 0.15) is 5.54 Å². The molecule has 0 bridgehead atoms. The first-order valence-electron chi connectivity index (χ1n) is 9.45. The molecule has 0 aliphatic carbocycles. The Bertz CT molecular complexity index is 1010. The molecule has 3 aromatic carbocycles. The molecule has 0 amide bonds. The summed E-state index contributed by atoms with van der Waals surface area (Å²) in [5, 5.41) is 15.0. The monoisotopic (exact) mass is 388 g/mol. The predicted molar refractivity (Wildman–Crippen MR) is 116 cm³/mol. The lowest BCUT2D eigenvalue weighted by molar-refractivity contribution is 0.484. The first-order chi connectivity index (χ1) is 13.5. The molecule has 0 saturated heterocycles. The van der Waals surface area contributed by atoms with Gasteiger partial charge in [-0.25, -0.2) is 5.09 Å². The summed E-state index contributed by atoms with van der Waals surface area (Å²) in [5.74, 6) is 0. The number of aryl methyl sites for hydroxylation is 2. The van der Waals surface area contributed by atoms with E-state index in [9.17, 15) is 9.83 Å². The average molecular weight is 388 g/mol. The highest BCUT2D eigenvalue weighted by atomic mass is 31.2. The topological polar surface area (TPSA) is 52.9 Å². The molecular formula is C24H25N2OP. The SMILES string of the molecule is CCC(C#N)(NP(=O)(c1ccccc1C)c1ccccc1C)c1ccccc1. The van der Waals surface area contributed by atoms with Crippen molar-refractivity contribution in [2.75, 3.05) is 0 Å². The van der Waals surface area contributed by atoms with Crippen LogP contribution in [0.15, 0.2) is 78.9 Å². The van der Waals surface area contributed by atoms with E-state index in [1.54, 1.807) is 0 Å². The number of nitrogens with one attached hydrogen (secondary N) is 1. The molecule has 0 heterocycles. The van der Waals surface area contributed by atoms with Crippen molar-refractivity contribution in [1.29, 1.82) is 5.26 Å². The van der Waals surface area contributed by atoms with E-state index < -0.39 is 12.8 Å². The van der Waals surface area contributed by atoms with Gasteiger partial charge in [0.15, 0.2) is 0 Å². The molecule has 142 valence electrons. The highest BCUT2D eigenvalue weighted by Gasteiger charge is 2.41. The minimum absolute atomic E-state index is 0.495. The number of nitriles is 1. The van der Waals surface area contributed by atoms with Gasteiger partial charge in [0, 0.05) is 10.6 Å². The van der Waals surface area contributed by atoms with Crippen LogP contribution in [0.4, 0.5) is 0 Å². The summed E-state index contributed by atoms with van der Waals surface area (Å²) < 4.78 is 14.7. The normalized spacial score (nSPS) is 13.5. The number of rotatable bonds is 6. The van der Waals surface area contributed by atoms with E-state index in [0.29, 0.717) is 6.42 Å². The number of hydrogen-bond donors (Lipinski definition) is 1. The Morgan fingerprint density at radius 1 is 0.857 bits per heavy atom. The third kappa shape index (κ3) is 3.54. The maximum Gasteiger partial charge on any atom is 0.206 e. The minimum Gasteiger partial charge on any atom is -0.296 e. The molecule has 0 spiro atoms. The fraction of sp³-hybridized carbons (Fsp3) is 0.208. The molecule has 3 rings (SSSR count). The van der Waals surface area contributed by atoms with E-state index in [0.717, 1.165) is 27.3 Å². The molecule has 3 aromatic rings. The molecule has 0 aliphatic heterocycles. The molecule has 1 unspecified atom stereocenters. The van der Waals surface area contributed by atoms with Crippen molar-refractivity contribution in [2.45, 2.75) is 32.7 Å². The summed E-state index contributed by atoms with van der Waals surface area (Å²) in [6.45, 7) is 5.87. The first kappa shape index (κ1) is 20.1. The number of nitrogens with zero attached hydrogens (tertiary/aromatic N) is 1. The van der Waals surface area contributed by atoms with Gasteiger partial charge < -0.3 is 0 Å². The van der Waals surface area contributed by atoms with Crippen molar-refractivity contribution in [3.05, 3.63) is 95.6 Å². The molecule has 0 radical (unpaired) electrons. The van der Waals surface area contributed by atoms with Crippen molar-refractivity contribution < 1.29 is 4.57 Å². The Labute approximate surface area is 167 Å². The Hall–Kier alpha value is -2.66. The lowest BCUT2D eigenvalue weighted by atomic mass is 9.90. The van der Waals surface area contributed by atoms with Crippen molar-refractivity contribution in [1.82, 2.24) is 5.09 Å². The van der Waals surface area contributed by atoms with Crippen molar-refractivity contribution in [3.8, 4) is 6.07 Å². The van der Waals surface area contributed by atoms with E-state index in [-0.39, 0.29) is 0 Å². The summed E-state index contributed by atoms with van der Waals surface area (Å²) in [6, 6.07) is 27.4. The number of hydrogen-bond acceptors (Lipinski definition) is 2. The lowest BCUT2D eigenvalue weighted by Gasteiger charge is -2.34. The van der Waals surface area contributed by atoms with E-state index >= 15 is 0 Å². The lowest BCUT2D eigenvalue weighted by Crippen LogP contribution is -2.44. The highest BCUT2D eigenvalue weighted by Crippen LogP contribution is 2.46. The molecule has 3 nitrogen and oxygen atoms in total. The zero-order valence-electron chi connectivity index (χ0n) is 16.5. The predicted octanol–water partition coefficient (Wildman–Crippen LogP) is 4.95. The van der Waals surface area contributed by atoms with E-state index in [4.69, 9.17) is 0 Å². The van der Waals surface area contributed by atoms with Gasteiger partial charge in [-0.05, 0) is 49.1 Å². The van der Waals surface area contributed by atoms with Gasteiger partial charge in [-0.2, -0.15) is 5.26 Å². The van der Waals surface area contributed by atoms with E-state index in [1.165, 1.54) is 0 Å². The summed E-state index contributed by atoms with van der Waals surface area (Å²) in [5.41, 5.74) is 1.65. The standard InChI is InChI=1S/C24H25N2OP/c1-4-24(18-25,21-14-6-5-7-15-21)26-28(27,22-16-10-8-12-19(22)2)23-17-11-9-13-20(23)3/h5-17H,4H2,1-3H3,(H,26,27). The molecule has 1 N–H and O–H groups in total.